The summed E-state index contributed by atoms with van der Waals surface area (Å²) < 4.78 is 2.12. The molecule has 2 amide bonds. The zero-order valence-corrected chi connectivity index (χ0v) is 16.3. The number of hydrogen-bond acceptors (Lipinski definition) is 3. The van der Waals surface area contributed by atoms with Crippen molar-refractivity contribution in [1.29, 1.82) is 0 Å². The predicted molar refractivity (Wildman–Crippen MR) is 102 cm³/mol. The third-order valence-electron chi connectivity index (χ3n) is 3.95. The number of benzene rings is 1. The first-order valence-electron chi connectivity index (χ1n) is 7.75. The molecule has 0 unspecified atom stereocenters. The fourth-order valence-corrected chi connectivity index (χ4v) is 3.30. The number of carbonyl (C=O) groups excluding carboxylic acids is 1. The first-order valence-corrected chi connectivity index (χ1v) is 9.33. The van der Waals surface area contributed by atoms with Gasteiger partial charge in [0.15, 0.2) is 0 Å². The van der Waals surface area contributed by atoms with Crippen LogP contribution in [0.4, 0.5) is 10.6 Å². The summed E-state index contributed by atoms with van der Waals surface area (Å²) in [6.07, 6.45) is 1.67. The Morgan fingerprint density at radius 1 is 1.08 bits per heavy atom. The van der Waals surface area contributed by atoms with Gasteiger partial charge in [0.2, 0.25) is 0 Å². The molecule has 0 spiro atoms. The van der Waals surface area contributed by atoms with Crippen LogP contribution in [0, 0.1) is 0 Å². The minimum Gasteiger partial charge on any atom is -0.322 e. The summed E-state index contributed by atoms with van der Waals surface area (Å²) in [6, 6.07) is 11.7. The molecule has 1 aliphatic heterocycles. The fraction of sp³-hybridized carbons (Fsp3) is 0.294. The van der Waals surface area contributed by atoms with E-state index in [0.717, 1.165) is 41.7 Å². The number of piperazine rings is 1. The average molecular weight is 454 g/mol. The van der Waals surface area contributed by atoms with Gasteiger partial charge in [0.25, 0.3) is 0 Å². The molecule has 1 N–H and O–H groups in total. The number of nitrogens with one attached hydrogen (secondary N) is 1. The second-order valence-electron chi connectivity index (χ2n) is 5.66. The van der Waals surface area contributed by atoms with Gasteiger partial charge in [-0.1, -0.05) is 12.1 Å². The third kappa shape index (κ3) is 4.55. The Labute approximate surface area is 158 Å². The number of anilines is 1. The van der Waals surface area contributed by atoms with E-state index in [0.29, 0.717) is 5.82 Å². The number of rotatable bonds is 3. The Hall–Kier alpha value is -1.44. The van der Waals surface area contributed by atoms with Gasteiger partial charge in [-0.3, -0.25) is 10.2 Å². The molecule has 0 bridgehead atoms. The summed E-state index contributed by atoms with van der Waals surface area (Å²) in [7, 11) is 0. The van der Waals surface area contributed by atoms with E-state index in [4.69, 9.17) is 0 Å². The number of aromatic nitrogens is 1. The second-order valence-corrected chi connectivity index (χ2v) is 7.37. The van der Waals surface area contributed by atoms with Crippen LogP contribution in [-0.4, -0.2) is 47.0 Å². The monoisotopic (exact) mass is 452 g/mol. The number of carbonyl (C=O) groups is 1. The Morgan fingerprint density at radius 2 is 1.88 bits per heavy atom. The number of amides is 2. The molecule has 0 atom stereocenters. The summed E-state index contributed by atoms with van der Waals surface area (Å²) in [4.78, 5) is 20.6. The highest BCUT2D eigenvalue weighted by molar-refractivity contribution is 9.13. The lowest BCUT2D eigenvalue weighted by Gasteiger charge is -2.34. The number of halogens is 2. The van der Waals surface area contributed by atoms with E-state index in [1.165, 1.54) is 5.56 Å². The maximum absolute atomic E-state index is 12.3. The zero-order chi connectivity index (χ0) is 16.9. The molecule has 1 aromatic heterocycles. The summed E-state index contributed by atoms with van der Waals surface area (Å²) in [5.74, 6) is 0.588. The largest absolute Gasteiger partial charge is 0.323 e. The highest BCUT2D eigenvalue weighted by Gasteiger charge is 2.21. The average Bonchev–Trinajstić information content (AvgIpc) is 2.60. The van der Waals surface area contributed by atoms with Gasteiger partial charge in [-0.15, -0.1) is 0 Å². The van der Waals surface area contributed by atoms with Crippen LogP contribution in [-0.2, 0) is 6.54 Å². The molecule has 126 valence electrons. The molecule has 1 aromatic carbocycles. The highest BCUT2D eigenvalue weighted by atomic mass is 79.9. The van der Waals surface area contributed by atoms with Crippen molar-refractivity contribution in [1.82, 2.24) is 14.8 Å². The van der Waals surface area contributed by atoms with E-state index in [1.54, 1.807) is 12.3 Å². The SMILES string of the molecule is O=C(Nc1ccccn1)N1CCN(Cc2ccc(Br)c(Br)c2)CC1. The number of urea groups is 1. The van der Waals surface area contributed by atoms with Gasteiger partial charge in [0, 0.05) is 47.9 Å². The third-order valence-corrected chi connectivity index (χ3v) is 5.83. The molecule has 2 heterocycles. The molecule has 1 fully saturated rings. The molecule has 0 aliphatic carbocycles. The van der Waals surface area contributed by atoms with Gasteiger partial charge in [0.1, 0.15) is 5.82 Å². The van der Waals surface area contributed by atoms with E-state index < -0.39 is 0 Å². The van der Waals surface area contributed by atoms with Crippen molar-refractivity contribution in [3.8, 4) is 0 Å². The molecule has 0 saturated carbocycles. The molecule has 1 aliphatic rings. The first-order chi connectivity index (χ1) is 11.6. The van der Waals surface area contributed by atoms with Gasteiger partial charge >= 0.3 is 6.03 Å². The molecule has 0 radical (unpaired) electrons. The predicted octanol–water partition coefficient (Wildman–Crippen LogP) is 3.96. The lowest BCUT2D eigenvalue weighted by molar-refractivity contribution is 0.143. The molecular formula is C17H18Br2N4O. The first kappa shape index (κ1) is 17.4. The van der Waals surface area contributed by atoms with Crippen molar-refractivity contribution in [2.75, 3.05) is 31.5 Å². The fourth-order valence-electron chi connectivity index (χ4n) is 2.63. The minimum absolute atomic E-state index is 0.0836. The molecule has 1 saturated heterocycles. The van der Waals surface area contributed by atoms with Crippen LogP contribution >= 0.6 is 31.9 Å². The highest BCUT2D eigenvalue weighted by Crippen LogP contribution is 2.24. The van der Waals surface area contributed by atoms with Crippen LogP contribution in [0.5, 0.6) is 0 Å². The quantitative estimate of drug-likeness (QED) is 0.765. The normalized spacial score (nSPS) is 15.3. The number of nitrogens with zero attached hydrogens (tertiary/aromatic N) is 3. The lowest BCUT2D eigenvalue weighted by Crippen LogP contribution is -2.49. The molecule has 7 heteroatoms. The van der Waals surface area contributed by atoms with Gasteiger partial charge in [0.05, 0.1) is 0 Å². The zero-order valence-electron chi connectivity index (χ0n) is 13.1. The van der Waals surface area contributed by atoms with Crippen LogP contribution in [0.2, 0.25) is 0 Å². The summed E-state index contributed by atoms with van der Waals surface area (Å²) >= 11 is 7.03. The van der Waals surface area contributed by atoms with Crippen LogP contribution in [0.15, 0.2) is 51.5 Å². The maximum atomic E-state index is 12.3. The van der Waals surface area contributed by atoms with Crippen LogP contribution in [0.1, 0.15) is 5.56 Å². The standard InChI is InChI=1S/C17H18Br2N4O/c18-14-5-4-13(11-15(14)19)12-22-7-9-23(10-8-22)17(24)21-16-3-1-2-6-20-16/h1-6,11H,7-10,12H2,(H,20,21,24). The van der Waals surface area contributed by atoms with Crippen LogP contribution in [0.3, 0.4) is 0 Å². The second kappa shape index (κ2) is 8.09. The molecule has 5 nitrogen and oxygen atoms in total. The van der Waals surface area contributed by atoms with Crippen molar-refractivity contribution >= 4 is 43.7 Å². The lowest BCUT2D eigenvalue weighted by atomic mass is 10.2. The Kier molecular flexibility index (Phi) is 5.86. The van der Waals surface area contributed by atoms with E-state index in [-0.39, 0.29) is 6.03 Å². The summed E-state index contributed by atoms with van der Waals surface area (Å²) in [5, 5.41) is 2.84. The van der Waals surface area contributed by atoms with Crippen molar-refractivity contribution in [3.63, 3.8) is 0 Å². The Morgan fingerprint density at radius 3 is 2.54 bits per heavy atom. The van der Waals surface area contributed by atoms with Crippen molar-refractivity contribution in [2.24, 2.45) is 0 Å². The van der Waals surface area contributed by atoms with Crippen molar-refractivity contribution < 1.29 is 4.79 Å². The maximum Gasteiger partial charge on any atom is 0.323 e. The van der Waals surface area contributed by atoms with Crippen LogP contribution < -0.4 is 5.32 Å². The van der Waals surface area contributed by atoms with E-state index in [9.17, 15) is 4.79 Å². The summed E-state index contributed by atoms with van der Waals surface area (Å²) in [6.45, 7) is 4.06. The van der Waals surface area contributed by atoms with Gasteiger partial charge in [-0.05, 0) is 61.7 Å². The summed E-state index contributed by atoms with van der Waals surface area (Å²) in [5.41, 5.74) is 1.26. The van der Waals surface area contributed by atoms with Gasteiger partial charge in [-0.2, -0.15) is 0 Å². The molecule has 2 aromatic rings. The van der Waals surface area contributed by atoms with Crippen molar-refractivity contribution in [2.45, 2.75) is 6.54 Å². The van der Waals surface area contributed by atoms with Gasteiger partial charge < -0.3 is 4.90 Å². The number of hydrogen-bond donors (Lipinski definition) is 1. The Bertz CT molecular complexity index is 703. The minimum atomic E-state index is -0.0836. The van der Waals surface area contributed by atoms with E-state index in [2.05, 4.69) is 65.3 Å². The topological polar surface area (TPSA) is 48.5 Å². The van der Waals surface area contributed by atoms with E-state index >= 15 is 0 Å². The smallest absolute Gasteiger partial charge is 0.322 e. The van der Waals surface area contributed by atoms with Crippen molar-refractivity contribution in [3.05, 3.63) is 57.1 Å². The Balaban J connectivity index is 1.50. The molecule has 24 heavy (non-hydrogen) atoms. The van der Waals surface area contributed by atoms with Gasteiger partial charge in [-0.25, -0.2) is 9.78 Å². The van der Waals surface area contributed by atoms with E-state index in [1.807, 2.05) is 17.0 Å². The molecular weight excluding hydrogens is 436 g/mol. The van der Waals surface area contributed by atoms with Crippen LogP contribution in [0.25, 0.3) is 0 Å². The molecule has 3 rings (SSSR count). The number of pyridine rings is 1.